The average Bonchev–Trinajstić information content (AvgIpc) is 3.09. The fourth-order valence-electron chi connectivity index (χ4n) is 5.11. The Bertz CT molecular complexity index is 1580. The van der Waals surface area contributed by atoms with Crippen LogP contribution in [0.5, 0.6) is 0 Å². The lowest BCUT2D eigenvalue weighted by Crippen LogP contribution is -2.61. The number of rotatable bonds is 16. The molecule has 1 saturated heterocycles. The summed E-state index contributed by atoms with van der Waals surface area (Å²) in [6.07, 6.45) is -2.48. The van der Waals surface area contributed by atoms with E-state index >= 15 is 0 Å². The van der Waals surface area contributed by atoms with Gasteiger partial charge in [0, 0.05) is 0 Å². The maximum absolute atomic E-state index is 13.2. The fourth-order valence-corrected chi connectivity index (χ4v) is 6.03. The Morgan fingerprint density at radius 1 is 0.652 bits per heavy atom. The molecule has 242 valence electrons. The number of aryl methyl sites for hydroxylation is 1. The molecule has 0 aromatic heterocycles. The van der Waals surface area contributed by atoms with E-state index in [4.69, 9.17) is 27.9 Å². The predicted molar refractivity (Wildman–Crippen MR) is 174 cm³/mol. The Balaban J connectivity index is 1.46. The van der Waals surface area contributed by atoms with Crippen molar-refractivity contribution in [3.8, 4) is 0 Å². The van der Waals surface area contributed by atoms with Crippen LogP contribution in [-0.2, 0) is 57.8 Å². The minimum absolute atomic E-state index is 0.0519. The van der Waals surface area contributed by atoms with Crippen molar-refractivity contribution < 1.29 is 36.3 Å². The van der Waals surface area contributed by atoms with Gasteiger partial charge in [-0.25, -0.2) is 0 Å². The van der Waals surface area contributed by atoms with Crippen molar-refractivity contribution in [2.45, 2.75) is 62.3 Å². The van der Waals surface area contributed by atoms with E-state index in [1.165, 1.54) is 12.1 Å². The number of ether oxygens (including phenoxy) is 5. The van der Waals surface area contributed by atoms with E-state index in [1.807, 2.05) is 97.9 Å². The molecule has 0 unspecified atom stereocenters. The van der Waals surface area contributed by atoms with Crippen molar-refractivity contribution in [1.29, 1.82) is 0 Å². The Kier molecular flexibility index (Phi) is 12.3. The van der Waals surface area contributed by atoms with Crippen LogP contribution in [0.3, 0.4) is 0 Å². The van der Waals surface area contributed by atoms with E-state index in [1.54, 1.807) is 18.2 Å². The van der Waals surface area contributed by atoms with Gasteiger partial charge in [0.25, 0.3) is 10.1 Å². The summed E-state index contributed by atoms with van der Waals surface area (Å²) in [7, 11) is -4.10. The third-order valence-corrected chi connectivity index (χ3v) is 8.82. The Morgan fingerprint density at radius 3 is 1.63 bits per heavy atom. The van der Waals surface area contributed by atoms with E-state index in [0.29, 0.717) is 0 Å². The van der Waals surface area contributed by atoms with E-state index in [9.17, 15) is 8.42 Å². The molecular weight excluding hydrogens is 604 g/mol. The minimum atomic E-state index is -4.10. The highest BCUT2D eigenvalue weighted by Gasteiger charge is 2.49. The lowest BCUT2D eigenvalue weighted by atomic mass is 9.98. The third-order valence-electron chi connectivity index (χ3n) is 7.52. The molecule has 0 radical (unpaired) electrons. The molecule has 4 aromatic carbocycles. The molecule has 4 aromatic rings. The maximum Gasteiger partial charge on any atom is 0.297 e. The molecule has 5 rings (SSSR count). The zero-order chi connectivity index (χ0) is 32.2. The van der Waals surface area contributed by atoms with Crippen molar-refractivity contribution in [2.75, 3.05) is 13.2 Å². The molecule has 1 fully saturated rings. The van der Waals surface area contributed by atoms with Gasteiger partial charge in [0.2, 0.25) is 0 Å². The molecule has 0 amide bonds. The highest BCUT2D eigenvalue weighted by atomic mass is 32.2. The van der Waals surface area contributed by atoms with Crippen LogP contribution < -0.4 is 0 Å². The van der Waals surface area contributed by atoms with Crippen molar-refractivity contribution in [3.63, 3.8) is 0 Å². The average molecular weight is 645 g/mol. The van der Waals surface area contributed by atoms with Gasteiger partial charge in [-0.05, 0) is 35.7 Å². The van der Waals surface area contributed by atoms with Crippen LogP contribution in [0.15, 0.2) is 133 Å². The fraction of sp³-hybridized carbons (Fsp3) is 0.297. The maximum atomic E-state index is 13.2. The molecule has 1 aliphatic heterocycles. The van der Waals surface area contributed by atoms with E-state index < -0.39 is 40.8 Å². The standard InChI is InChI=1S/C37H40O8S/c1-3-23-40-37-36(43-26-31-17-11-6-12-18-31)35(42-25-30-15-9-5-10-16-30)34(41-24-29-13-7-4-8-14-29)33(45-37)27-44-46(38,39)32-21-19-28(2)20-22-32/h3-22,33-37H,1,23-27H2,2H3/t33-,34-,35+,36+,37+/m1/s1. The van der Waals surface area contributed by atoms with Crippen LogP contribution >= 0.6 is 0 Å². The van der Waals surface area contributed by atoms with Crippen LogP contribution in [0.1, 0.15) is 22.3 Å². The lowest BCUT2D eigenvalue weighted by Gasteiger charge is -2.45. The van der Waals surface area contributed by atoms with Crippen molar-refractivity contribution in [1.82, 2.24) is 0 Å². The summed E-state index contributed by atoms with van der Waals surface area (Å²) in [5.74, 6) is 0. The van der Waals surface area contributed by atoms with Crippen molar-refractivity contribution in [2.24, 2.45) is 0 Å². The van der Waals surface area contributed by atoms with Gasteiger partial charge in [0.05, 0.1) is 37.9 Å². The second-order valence-corrected chi connectivity index (χ2v) is 12.6. The first-order valence-corrected chi connectivity index (χ1v) is 16.6. The number of hydrogen-bond donors (Lipinski definition) is 0. The van der Waals surface area contributed by atoms with Gasteiger partial charge in [0.15, 0.2) is 6.29 Å². The zero-order valence-electron chi connectivity index (χ0n) is 25.9. The van der Waals surface area contributed by atoms with Gasteiger partial charge in [-0.1, -0.05) is 115 Å². The topological polar surface area (TPSA) is 89.5 Å². The van der Waals surface area contributed by atoms with Crippen molar-refractivity contribution in [3.05, 3.63) is 150 Å². The second-order valence-electron chi connectivity index (χ2n) is 11.0. The summed E-state index contributed by atoms with van der Waals surface area (Å²) >= 11 is 0. The van der Waals surface area contributed by atoms with Gasteiger partial charge in [-0.2, -0.15) is 8.42 Å². The summed E-state index contributed by atoms with van der Waals surface area (Å²) in [6, 6.07) is 35.7. The molecule has 9 heteroatoms. The molecule has 1 heterocycles. The first kappa shape index (κ1) is 33.7. The highest BCUT2D eigenvalue weighted by Crippen LogP contribution is 2.32. The van der Waals surface area contributed by atoms with Gasteiger partial charge >= 0.3 is 0 Å². The molecule has 0 bridgehead atoms. The summed E-state index contributed by atoms with van der Waals surface area (Å²) in [6.45, 7) is 6.26. The second kappa shape index (κ2) is 16.8. The summed E-state index contributed by atoms with van der Waals surface area (Å²) in [5.41, 5.74) is 3.79. The monoisotopic (exact) mass is 644 g/mol. The molecule has 0 spiro atoms. The zero-order valence-corrected chi connectivity index (χ0v) is 26.7. The Labute approximate surface area is 271 Å². The number of hydrogen-bond acceptors (Lipinski definition) is 8. The third kappa shape index (κ3) is 9.43. The first-order chi connectivity index (χ1) is 22.4. The minimum Gasteiger partial charge on any atom is -0.368 e. The highest BCUT2D eigenvalue weighted by molar-refractivity contribution is 7.86. The Hall–Kier alpha value is -3.67. The molecule has 0 aliphatic carbocycles. The quantitative estimate of drug-likeness (QED) is 0.103. The molecule has 5 atom stereocenters. The molecule has 1 aliphatic rings. The predicted octanol–water partition coefficient (Wildman–Crippen LogP) is 6.38. The molecule has 8 nitrogen and oxygen atoms in total. The first-order valence-electron chi connectivity index (χ1n) is 15.2. The van der Waals surface area contributed by atoms with Gasteiger partial charge in [0.1, 0.15) is 24.4 Å². The van der Waals surface area contributed by atoms with Gasteiger partial charge < -0.3 is 23.7 Å². The Morgan fingerprint density at radius 2 is 1.13 bits per heavy atom. The van der Waals surface area contributed by atoms with Crippen LogP contribution in [0.2, 0.25) is 0 Å². The van der Waals surface area contributed by atoms with E-state index in [2.05, 4.69) is 6.58 Å². The molecule has 46 heavy (non-hydrogen) atoms. The smallest absolute Gasteiger partial charge is 0.297 e. The van der Waals surface area contributed by atoms with Gasteiger partial charge in [-0.15, -0.1) is 6.58 Å². The van der Waals surface area contributed by atoms with Crippen molar-refractivity contribution >= 4 is 10.1 Å². The number of benzene rings is 4. The molecule has 0 N–H and O–H groups in total. The van der Waals surface area contributed by atoms with E-state index in [-0.39, 0.29) is 37.9 Å². The summed E-state index contributed by atoms with van der Waals surface area (Å²) < 4.78 is 64.2. The van der Waals surface area contributed by atoms with Crippen LogP contribution in [0.4, 0.5) is 0 Å². The molecular formula is C37H40O8S. The SMILES string of the molecule is C=CCO[C@H]1O[C@H](COS(=O)(=O)c2ccc(C)cc2)[C@@H](OCc2ccccc2)[C@H](OCc2ccccc2)[C@@H]1OCc1ccccc1. The summed E-state index contributed by atoms with van der Waals surface area (Å²) in [4.78, 5) is 0.0519. The van der Waals surface area contributed by atoms with Gasteiger partial charge in [-0.3, -0.25) is 4.18 Å². The largest absolute Gasteiger partial charge is 0.368 e. The summed E-state index contributed by atoms with van der Waals surface area (Å²) in [5, 5.41) is 0. The van der Waals surface area contributed by atoms with E-state index in [0.717, 1.165) is 22.3 Å². The lowest BCUT2D eigenvalue weighted by molar-refractivity contribution is -0.323. The molecule has 0 saturated carbocycles. The normalized spacial score (nSPS) is 21.5. The van der Waals surface area contributed by atoms with Crippen LogP contribution in [-0.4, -0.2) is 52.3 Å². The van der Waals surface area contributed by atoms with Crippen LogP contribution in [0, 0.1) is 6.92 Å². The van der Waals surface area contributed by atoms with Crippen LogP contribution in [0.25, 0.3) is 0 Å².